The van der Waals surface area contributed by atoms with Crippen LogP contribution in [0.25, 0.3) is 0 Å². The molecule has 23 nitrogen and oxygen atoms in total. The number of aliphatic hydroxyl groups is 5. The monoisotopic (exact) mass is 1190 g/mol. The van der Waals surface area contributed by atoms with Crippen LogP contribution in [0.4, 0.5) is 4.79 Å². The molecule has 1 saturated carbocycles. The molecule has 9 rings (SSSR count). The lowest BCUT2D eigenvalue weighted by Crippen LogP contribution is -3.17. The maximum absolute atomic E-state index is 15.6. The number of allylic oxidation sites excluding steroid dienone is 3. The molecule has 5 aliphatic heterocycles. The number of esters is 1. The van der Waals surface area contributed by atoms with Crippen molar-refractivity contribution >= 4 is 17.8 Å². The Morgan fingerprint density at radius 1 is 0.762 bits per heavy atom. The molecule has 8 N–H and O–H groups in total. The van der Waals surface area contributed by atoms with Crippen molar-refractivity contribution in [2.24, 2.45) is 46.8 Å². The standard InChI is InChI=1S/C61H92N2O21/c1-27-14-17-42(80-47-25-59(10,63(72)73)54(35(9)79-47)62-58(71)75-13)28(2)19-37-20-36(26-64)31(5)24-61(37)56(69)48(57(70)84-61)55(68)60(11)39(27)16-15-38-49(60)29(3)18-30(4)51(38)82-46-23-43(50(67)32(6)76-46)81-44-22-41(66)53(34(8)78-44)83-45-21-40(65)52(74-12)33(7)77-45/h14-16,19-20,29-35,37-47,49-54,63-68,72H,17-18,21-26H2,1-13H3,(H,62,71)/b27-14+,28-19+,55-48+/t29-,30+,31+,32-,33-,34-,35+,37+,38-,39-,40+,41+,42-,43+,44-,45+,46-,47-,49+,50-,51-,52-,53-,54-,59-,60+,61-/m0/s1. The molecule has 0 aromatic rings. The van der Waals surface area contributed by atoms with E-state index >= 15 is 4.79 Å². The average molecular weight is 1190 g/mol. The topological polar surface area (TPSA) is 314 Å². The van der Waals surface area contributed by atoms with Gasteiger partial charge in [-0.15, -0.1) is 0 Å². The van der Waals surface area contributed by atoms with E-state index in [1.165, 1.54) is 21.1 Å². The summed E-state index contributed by atoms with van der Waals surface area (Å²) in [5, 5.41) is 82.6. The first-order valence-corrected chi connectivity index (χ1v) is 30.1. The number of hydroxylamine groups is 2. The zero-order valence-electron chi connectivity index (χ0n) is 50.7. The molecular formula is C61H92N2O21. The molecule has 28 atom stereocenters. The summed E-state index contributed by atoms with van der Waals surface area (Å²) in [6.45, 7) is 19.8. The largest absolute Gasteiger partial charge is 0.600 e. The Labute approximate surface area is 492 Å². The van der Waals surface area contributed by atoms with E-state index in [1.807, 2.05) is 39.8 Å². The number of Topliss-reactive ketones (excluding diaryl/α,β-unsaturated/α-hetero) is 1. The fourth-order valence-corrected chi connectivity index (χ4v) is 15.9. The van der Waals surface area contributed by atoms with Crippen LogP contribution in [0, 0.1) is 52.0 Å². The highest BCUT2D eigenvalue weighted by molar-refractivity contribution is 6.26. The van der Waals surface area contributed by atoms with E-state index in [9.17, 15) is 45.5 Å². The third kappa shape index (κ3) is 12.0. The molecule has 5 heterocycles. The van der Waals surface area contributed by atoms with E-state index in [2.05, 4.69) is 25.2 Å². The van der Waals surface area contributed by atoms with Crippen LogP contribution in [-0.4, -0.2) is 185 Å². The van der Waals surface area contributed by atoms with Gasteiger partial charge in [0.2, 0.25) is 5.78 Å². The minimum atomic E-state index is -1.81. The van der Waals surface area contributed by atoms with Crippen molar-refractivity contribution in [2.45, 2.75) is 237 Å². The van der Waals surface area contributed by atoms with Crippen molar-refractivity contribution in [1.29, 1.82) is 0 Å². The summed E-state index contributed by atoms with van der Waals surface area (Å²) in [5.41, 5.74) is -3.10. The molecule has 23 heteroatoms. The van der Waals surface area contributed by atoms with Crippen molar-refractivity contribution in [3.05, 3.63) is 63.6 Å². The van der Waals surface area contributed by atoms with Crippen LogP contribution in [0.15, 0.2) is 58.4 Å². The number of amides is 1. The second-order valence-corrected chi connectivity index (χ2v) is 26.1. The van der Waals surface area contributed by atoms with Gasteiger partial charge in [-0.3, -0.25) is 4.79 Å². The fourth-order valence-electron chi connectivity index (χ4n) is 15.9. The first kappa shape index (κ1) is 64.7. The Kier molecular flexibility index (Phi) is 19.6. The van der Waals surface area contributed by atoms with Crippen LogP contribution in [0.5, 0.6) is 0 Å². The zero-order valence-corrected chi connectivity index (χ0v) is 50.7. The highest BCUT2D eigenvalue weighted by atomic mass is 16.8. The lowest BCUT2D eigenvalue weighted by molar-refractivity contribution is -1.09. The quantitative estimate of drug-likeness (QED) is 0.0591. The first-order valence-electron chi connectivity index (χ1n) is 30.1. The van der Waals surface area contributed by atoms with E-state index in [1.54, 1.807) is 39.8 Å². The molecule has 1 unspecified atom stereocenters. The lowest BCUT2D eigenvalue weighted by Gasteiger charge is -2.56. The number of ketones is 1. The predicted molar refractivity (Wildman–Crippen MR) is 297 cm³/mol. The Morgan fingerprint density at radius 2 is 1.38 bits per heavy atom. The summed E-state index contributed by atoms with van der Waals surface area (Å²) in [4.78, 5) is 42.7. The SMILES string of the molecule is COC(=O)N[C@H]1[C@@H](C)O[C@@H](O[C@H]2C/C=C(\C)[C@@H]3C=C[C@@H]4[C@@H](O[C@H]5C[C@@H](O[C@H]6C[C@@H](O)[C@@H](O[C@@H]7C[C@@H](O)[C@@H](OC)[C@H](C)O7)[C@H](C)O6)[C@@H](O)[C@H](C)O5)[C@H](C)C[C@H](C)[C@H]4[C@]3(C)/C(O)=C3\C(=O)O[C@]4(C[C@@H](C)C(CO)=C[C@H]4/C=C/2C)C3=O)C[C@]1(C)[NH+]([O-])O. The van der Waals surface area contributed by atoms with Gasteiger partial charge in [-0.05, 0) is 96.1 Å². The van der Waals surface area contributed by atoms with Crippen molar-refractivity contribution < 1.29 is 102 Å². The Morgan fingerprint density at radius 3 is 2.01 bits per heavy atom. The third-order valence-corrected chi connectivity index (χ3v) is 20.4. The molecule has 2 bridgehead atoms. The summed E-state index contributed by atoms with van der Waals surface area (Å²) in [6.07, 6.45) is -3.13. The van der Waals surface area contributed by atoms with Gasteiger partial charge in [-0.25, -0.2) is 20.0 Å². The maximum Gasteiger partial charge on any atom is 0.407 e. The van der Waals surface area contributed by atoms with Crippen molar-refractivity contribution in [3.8, 4) is 0 Å². The van der Waals surface area contributed by atoms with Crippen LogP contribution in [-0.2, 0) is 61.7 Å². The number of methoxy groups -OCH3 is 2. The highest BCUT2D eigenvalue weighted by Gasteiger charge is 2.64. The highest BCUT2D eigenvalue weighted by Crippen LogP contribution is 2.61. The number of fused-ring (bicyclic) bond motifs is 4. The van der Waals surface area contributed by atoms with Crippen LogP contribution in [0.2, 0.25) is 0 Å². The molecule has 6 fully saturated rings. The van der Waals surface area contributed by atoms with Gasteiger partial charge in [0, 0.05) is 56.0 Å². The molecule has 84 heavy (non-hydrogen) atoms. The Balaban J connectivity index is 1.01. The summed E-state index contributed by atoms with van der Waals surface area (Å²) in [7, 11) is 2.69. The average Bonchev–Trinajstić information content (AvgIpc) is 2.80. The molecular weight excluding hydrogens is 1100 g/mol. The van der Waals surface area contributed by atoms with Crippen molar-refractivity contribution in [2.75, 3.05) is 20.8 Å². The fraction of sp³-hybridized carbons (Fsp3) is 0.787. The molecule has 1 amide bonds. The molecule has 4 aliphatic carbocycles. The van der Waals surface area contributed by atoms with E-state index in [0.717, 1.165) is 5.57 Å². The molecule has 472 valence electrons. The summed E-state index contributed by atoms with van der Waals surface area (Å²) < 4.78 is 68.1. The number of alkyl carbamates (subject to hydrolysis) is 1. The number of carbonyl (C=O) groups is 3. The molecule has 0 aromatic heterocycles. The number of nitrogens with one attached hydrogen (secondary N) is 2. The van der Waals surface area contributed by atoms with E-state index in [4.69, 9.17) is 52.1 Å². The predicted octanol–water partition coefficient (Wildman–Crippen LogP) is 4.07. The number of hydrogen-bond acceptors (Lipinski definition) is 21. The summed E-state index contributed by atoms with van der Waals surface area (Å²) in [5.74, 6) is -5.01. The van der Waals surface area contributed by atoms with E-state index in [-0.39, 0.29) is 62.7 Å². The maximum atomic E-state index is 15.6. The van der Waals surface area contributed by atoms with Gasteiger partial charge in [0.15, 0.2) is 36.3 Å². The number of carbonyl (C=O) groups excluding carboxylic acids is 3. The lowest BCUT2D eigenvalue weighted by atomic mass is 9.49. The molecule has 9 aliphatic rings. The second-order valence-electron chi connectivity index (χ2n) is 26.1. The smallest absolute Gasteiger partial charge is 0.407 e. The molecule has 5 saturated heterocycles. The number of rotatable bonds is 12. The number of ether oxygens (including phenoxy) is 11. The minimum absolute atomic E-state index is 0.0143. The third-order valence-electron chi connectivity index (χ3n) is 20.4. The van der Waals surface area contributed by atoms with Crippen LogP contribution in [0.3, 0.4) is 0 Å². The number of hydrogen-bond donors (Lipinski definition) is 8. The summed E-state index contributed by atoms with van der Waals surface area (Å²) in [6, 6.07) is -0.982. The van der Waals surface area contributed by atoms with Gasteiger partial charge in [-0.2, -0.15) is 0 Å². The first-order chi connectivity index (χ1) is 39.6. The minimum Gasteiger partial charge on any atom is -0.600 e. The van der Waals surface area contributed by atoms with Crippen LogP contribution in [0.1, 0.15) is 121 Å². The van der Waals surface area contributed by atoms with Gasteiger partial charge in [-0.1, -0.05) is 63.6 Å². The molecule has 0 radical (unpaired) electrons. The van der Waals surface area contributed by atoms with E-state index in [0.29, 0.717) is 17.6 Å². The van der Waals surface area contributed by atoms with Gasteiger partial charge in [0.1, 0.15) is 35.7 Å². The zero-order chi connectivity index (χ0) is 61.2. The van der Waals surface area contributed by atoms with Crippen LogP contribution >= 0.6 is 0 Å². The Bertz CT molecular complexity index is 2550. The van der Waals surface area contributed by atoms with Gasteiger partial charge >= 0.3 is 12.1 Å². The van der Waals surface area contributed by atoms with Gasteiger partial charge < -0.3 is 88.2 Å². The van der Waals surface area contributed by atoms with Gasteiger partial charge in [0.25, 0.3) is 0 Å². The van der Waals surface area contributed by atoms with Crippen LogP contribution < -0.4 is 10.5 Å². The Hall–Kier alpha value is -3.73. The van der Waals surface area contributed by atoms with Crippen molar-refractivity contribution in [1.82, 2.24) is 5.32 Å². The second kappa shape index (κ2) is 25.4. The molecule has 0 aromatic carbocycles. The molecule has 1 spiro atoms. The van der Waals surface area contributed by atoms with Crippen molar-refractivity contribution in [3.63, 3.8) is 0 Å². The van der Waals surface area contributed by atoms with Gasteiger partial charge in [0.05, 0.1) is 75.1 Å². The normalized spacial score (nSPS) is 49.8. The summed E-state index contributed by atoms with van der Waals surface area (Å²) >= 11 is 0. The number of aliphatic hydroxyl groups excluding tert-OH is 5. The number of quaternary nitrogens is 1. The van der Waals surface area contributed by atoms with E-state index < -0.39 is 179 Å².